The van der Waals surface area contributed by atoms with Crippen molar-refractivity contribution in [3.8, 4) is 11.5 Å². The van der Waals surface area contributed by atoms with Crippen molar-refractivity contribution >= 4 is 28.6 Å². The van der Waals surface area contributed by atoms with Crippen LogP contribution in [0.2, 0.25) is 0 Å². The summed E-state index contributed by atoms with van der Waals surface area (Å²) in [4.78, 5) is 14.3. The Hall–Kier alpha value is -1.02. The van der Waals surface area contributed by atoms with Gasteiger partial charge in [0.25, 0.3) is 0 Å². The number of benzene rings is 1. The number of nitrogens with zero attached hydrogens (tertiary/aromatic N) is 1. The molecular weight excluding hydrogens is 457 g/mol. The van der Waals surface area contributed by atoms with Crippen LogP contribution in [0.1, 0.15) is 49.8 Å². The van der Waals surface area contributed by atoms with E-state index >= 15 is 0 Å². The molecule has 0 radical (unpaired) electrons. The Morgan fingerprint density at radius 1 is 1.22 bits per heavy atom. The highest BCUT2D eigenvalue weighted by Crippen LogP contribution is 2.44. The maximum Gasteiger partial charge on any atom is 0.302 e. The minimum atomic E-state index is -0.171. The van der Waals surface area contributed by atoms with Gasteiger partial charge in [0, 0.05) is 38.4 Å². The van der Waals surface area contributed by atoms with Gasteiger partial charge >= 0.3 is 5.97 Å². The fourth-order valence-electron chi connectivity index (χ4n) is 4.54. The highest BCUT2D eigenvalue weighted by molar-refractivity contribution is 14.1. The van der Waals surface area contributed by atoms with E-state index in [-0.39, 0.29) is 18.1 Å². The van der Waals surface area contributed by atoms with Crippen LogP contribution >= 0.6 is 22.6 Å². The van der Waals surface area contributed by atoms with E-state index in [4.69, 9.17) is 14.2 Å². The average molecular weight is 487 g/mol. The zero-order valence-electron chi connectivity index (χ0n) is 16.5. The molecule has 2 aliphatic heterocycles. The van der Waals surface area contributed by atoms with Gasteiger partial charge in [-0.2, -0.15) is 0 Å². The van der Waals surface area contributed by atoms with E-state index in [2.05, 4.69) is 39.6 Å². The summed E-state index contributed by atoms with van der Waals surface area (Å²) >= 11 is 2.43. The molecule has 0 aliphatic carbocycles. The van der Waals surface area contributed by atoms with Gasteiger partial charge in [0.2, 0.25) is 0 Å². The van der Waals surface area contributed by atoms with Crippen LogP contribution in [0.4, 0.5) is 0 Å². The first-order valence-electron chi connectivity index (χ1n) is 9.79. The molecule has 1 saturated heterocycles. The molecule has 150 valence electrons. The lowest BCUT2D eigenvalue weighted by Gasteiger charge is -2.46. The van der Waals surface area contributed by atoms with Gasteiger partial charge < -0.3 is 14.2 Å². The Balaban J connectivity index is 1.84. The van der Waals surface area contributed by atoms with Gasteiger partial charge in [-0.25, -0.2) is 0 Å². The predicted octanol–water partition coefficient (Wildman–Crippen LogP) is 4.16. The Morgan fingerprint density at radius 2 is 1.96 bits per heavy atom. The SMILES string of the molecule is COc1cc2c(cc1OC)[C@H]1C[C@@H](OC(C)=O)[C@H](CCCCI)CN1CC2. The molecule has 0 spiro atoms. The third kappa shape index (κ3) is 4.70. The summed E-state index contributed by atoms with van der Waals surface area (Å²) in [5.41, 5.74) is 2.61. The molecule has 5 nitrogen and oxygen atoms in total. The molecule has 1 aromatic rings. The van der Waals surface area contributed by atoms with Crippen molar-refractivity contribution in [2.45, 2.75) is 51.2 Å². The van der Waals surface area contributed by atoms with Crippen molar-refractivity contribution in [1.82, 2.24) is 4.90 Å². The quantitative estimate of drug-likeness (QED) is 0.250. The summed E-state index contributed by atoms with van der Waals surface area (Å²) in [7, 11) is 3.35. The second-order valence-corrected chi connectivity index (χ2v) is 8.57. The molecular formula is C21H30INO4. The minimum Gasteiger partial charge on any atom is -0.493 e. The summed E-state index contributed by atoms with van der Waals surface area (Å²) in [6.45, 7) is 3.57. The van der Waals surface area contributed by atoms with Crippen LogP contribution < -0.4 is 9.47 Å². The summed E-state index contributed by atoms with van der Waals surface area (Å²) in [6.07, 6.45) is 5.43. The summed E-state index contributed by atoms with van der Waals surface area (Å²) in [5.74, 6) is 1.81. The molecule has 1 aromatic carbocycles. The second-order valence-electron chi connectivity index (χ2n) is 7.50. The highest BCUT2D eigenvalue weighted by Gasteiger charge is 2.40. The van der Waals surface area contributed by atoms with Gasteiger partial charge in [-0.15, -0.1) is 0 Å². The summed E-state index contributed by atoms with van der Waals surface area (Å²) < 4.78 is 18.0. The number of carbonyl (C=O) groups excluding carboxylic acids is 1. The van der Waals surface area contributed by atoms with Gasteiger partial charge in [0.05, 0.1) is 14.2 Å². The first kappa shape index (κ1) is 20.7. The standard InChI is InChI=1S/C21H30INO4/c1-14(24)27-19-12-18-17-11-21(26-3)20(25-2)10-15(17)7-9-23(18)13-16(19)6-4-5-8-22/h10-11,16,18-19H,4-9,12-13H2,1-3H3/t16-,18-,19-/m1/s1. The molecule has 3 atom stereocenters. The molecule has 1 fully saturated rings. The van der Waals surface area contributed by atoms with Crippen LogP contribution in [-0.4, -0.2) is 48.7 Å². The first-order chi connectivity index (χ1) is 13.1. The van der Waals surface area contributed by atoms with Gasteiger partial charge in [0.1, 0.15) is 6.10 Å². The van der Waals surface area contributed by atoms with E-state index in [1.165, 1.54) is 35.3 Å². The van der Waals surface area contributed by atoms with Gasteiger partial charge in [-0.05, 0) is 46.9 Å². The molecule has 0 amide bonds. The molecule has 0 N–H and O–H groups in total. The molecule has 3 rings (SSSR count). The van der Waals surface area contributed by atoms with E-state index in [1.54, 1.807) is 14.2 Å². The highest BCUT2D eigenvalue weighted by atomic mass is 127. The molecule has 0 bridgehead atoms. The topological polar surface area (TPSA) is 48.0 Å². The van der Waals surface area contributed by atoms with Crippen molar-refractivity contribution in [3.05, 3.63) is 23.3 Å². The van der Waals surface area contributed by atoms with Gasteiger partial charge in [-0.1, -0.05) is 29.0 Å². The largest absolute Gasteiger partial charge is 0.493 e. The van der Waals surface area contributed by atoms with Crippen LogP contribution in [0.5, 0.6) is 11.5 Å². The number of fused-ring (bicyclic) bond motifs is 3. The fourth-order valence-corrected chi connectivity index (χ4v) is 5.08. The predicted molar refractivity (Wildman–Crippen MR) is 114 cm³/mol. The molecule has 6 heteroatoms. The number of unbranched alkanes of at least 4 members (excludes halogenated alkanes) is 1. The third-order valence-electron chi connectivity index (χ3n) is 5.84. The molecule has 0 unspecified atom stereocenters. The smallest absolute Gasteiger partial charge is 0.302 e. The third-order valence-corrected chi connectivity index (χ3v) is 6.60. The lowest BCUT2D eigenvalue weighted by molar-refractivity contribution is -0.154. The van der Waals surface area contributed by atoms with E-state index in [0.717, 1.165) is 43.9 Å². The number of piperidine rings is 1. The number of rotatable bonds is 7. The van der Waals surface area contributed by atoms with E-state index < -0.39 is 0 Å². The molecule has 0 aromatic heterocycles. The Bertz CT molecular complexity index is 666. The lowest BCUT2D eigenvalue weighted by Crippen LogP contribution is -2.49. The molecule has 27 heavy (non-hydrogen) atoms. The first-order valence-corrected chi connectivity index (χ1v) is 11.3. The summed E-state index contributed by atoms with van der Waals surface area (Å²) in [6, 6.07) is 4.50. The number of alkyl halides is 1. The van der Waals surface area contributed by atoms with Crippen LogP contribution in [0.15, 0.2) is 12.1 Å². The Kier molecular flexibility index (Phi) is 7.25. The van der Waals surface area contributed by atoms with Crippen molar-refractivity contribution in [1.29, 1.82) is 0 Å². The van der Waals surface area contributed by atoms with Crippen molar-refractivity contribution in [2.75, 3.05) is 31.7 Å². The maximum absolute atomic E-state index is 11.7. The number of esters is 1. The zero-order valence-corrected chi connectivity index (χ0v) is 18.7. The molecule has 2 heterocycles. The number of hydrogen-bond donors (Lipinski definition) is 0. The van der Waals surface area contributed by atoms with Crippen molar-refractivity contribution in [2.24, 2.45) is 5.92 Å². The summed E-state index contributed by atoms with van der Waals surface area (Å²) in [5, 5.41) is 0. The number of ether oxygens (including phenoxy) is 3. The Morgan fingerprint density at radius 3 is 2.63 bits per heavy atom. The molecule has 2 aliphatic rings. The van der Waals surface area contributed by atoms with Crippen molar-refractivity contribution < 1.29 is 19.0 Å². The van der Waals surface area contributed by atoms with E-state index in [0.29, 0.717) is 5.92 Å². The second kappa shape index (κ2) is 9.45. The average Bonchev–Trinajstić information content (AvgIpc) is 2.66. The van der Waals surface area contributed by atoms with E-state index in [1.807, 2.05) is 0 Å². The number of methoxy groups -OCH3 is 2. The fraction of sp³-hybridized carbons (Fsp3) is 0.667. The van der Waals surface area contributed by atoms with Gasteiger partial charge in [-0.3, -0.25) is 9.69 Å². The van der Waals surface area contributed by atoms with Crippen LogP contribution in [0.25, 0.3) is 0 Å². The maximum atomic E-state index is 11.7. The molecule has 0 saturated carbocycles. The van der Waals surface area contributed by atoms with Crippen LogP contribution in [0.3, 0.4) is 0 Å². The number of carbonyl (C=O) groups is 1. The Labute approximate surface area is 175 Å². The normalized spacial score (nSPS) is 24.7. The monoisotopic (exact) mass is 487 g/mol. The number of hydrogen-bond acceptors (Lipinski definition) is 5. The van der Waals surface area contributed by atoms with Crippen molar-refractivity contribution in [3.63, 3.8) is 0 Å². The van der Waals surface area contributed by atoms with Crippen LogP contribution in [-0.2, 0) is 16.0 Å². The van der Waals surface area contributed by atoms with E-state index in [9.17, 15) is 4.79 Å². The van der Waals surface area contributed by atoms with Gasteiger partial charge in [0.15, 0.2) is 11.5 Å². The minimum absolute atomic E-state index is 0.00277. The van der Waals surface area contributed by atoms with Crippen LogP contribution in [0, 0.1) is 5.92 Å². The zero-order chi connectivity index (χ0) is 19.4. The number of halogens is 1. The lowest BCUT2D eigenvalue weighted by atomic mass is 9.80.